The van der Waals surface area contributed by atoms with Crippen molar-refractivity contribution in [2.45, 2.75) is 6.92 Å². The third-order valence-corrected chi connectivity index (χ3v) is 5.62. The summed E-state index contributed by atoms with van der Waals surface area (Å²) < 4.78 is 16.5. The molecular formula is C22H26BrN3O5. The van der Waals surface area contributed by atoms with Crippen molar-refractivity contribution in [3.05, 3.63) is 51.8 Å². The lowest BCUT2D eigenvalue weighted by Gasteiger charge is -2.22. The molecule has 0 spiro atoms. The molecule has 0 saturated carbocycles. The Kier molecular flexibility index (Phi) is 8.00. The van der Waals surface area contributed by atoms with Crippen LogP contribution in [0.1, 0.15) is 16.1 Å². The van der Waals surface area contributed by atoms with Crippen LogP contribution in [0.4, 0.5) is 0 Å². The Hall–Kier alpha value is -2.49. The van der Waals surface area contributed by atoms with Crippen LogP contribution in [0.3, 0.4) is 0 Å². The summed E-state index contributed by atoms with van der Waals surface area (Å²) in [4.78, 5) is 27.9. The maximum Gasteiger partial charge on any atom is 0.269 e. The Labute approximate surface area is 189 Å². The van der Waals surface area contributed by atoms with Crippen molar-refractivity contribution < 1.29 is 23.6 Å². The summed E-state index contributed by atoms with van der Waals surface area (Å²) in [5.41, 5.74) is 2.14. The number of ketones is 1. The number of Topliss-reactive ketones (excluding diaryl/α,β-unsaturated/α-hetero) is 1. The van der Waals surface area contributed by atoms with Gasteiger partial charge in [0, 0.05) is 43.9 Å². The van der Waals surface area contributed by atoms with E-state index in [2.05, 4.69) is 26.4 Å². The maximum atomic E-state index is 13.3. The lowest BCUT2D eigenvalue weighted by Crippen LogP contribution is -2.39. The summed E-state index contributed by atoms with van der Waals surface area (Å²) in [6.07, 6.45) is 1.69. The number of methoxy groups -OCH3 is 2. The average molecular weight is 492 g/mol. The van der Waals surface area contributed by atoms with E-state index in [1.54, 1.807) is 32.1 Å². The van der Waals surface area contributed by atoms with Crippen LogP contribution in [0.2, 0.25) is 0 Å². The molecule has 0 bridgehead atoms. The van der Waals surface area contributed by atoms with Crippen molar-refractivity contribution in [3.8, 4) is 11.3 Å². The van der Waals surface area contributed by atoms with Gasteiger partial charge in [-0.15, -0.1) is 0 Å². The largest absolute Gasteiger partial charge is 0.383 e. The minimum absolute atomic E-state index is 0.132. The zero-order valence-corrected chi connectivity index (χ0v) is 19.4. The van der Waals surface area contributed by atoms with E-state index in [1.807, 2.05) is 24.3 Å². The first kappa shape index (κ1) is 23.2. The highest BCUT2D eigenvalue weighted by atomic mass is 79.9. The smallest absolute Gasteiger partial charge is 0.269 e. The normalized spacial score (nSPS) is 15.5. The highest BCUT2D eigenvalue weighted by Crippen LogP contribution is 2.30. The number of ether oxygens (including phenoxy) is 2. The summed E-state index contributed by atoms with van der Waals surface area (Å²) >= 11 is 3.41. The number of halogens is 1. The van der Waals surface area contributed by atoms with Crippen molar-refractivity contribution in [1.29, 1.82) is 0 Å². The van der Waals surface area contributed by atoms with Gasteiger partial charge in [0.05, 0.1) is 30.4 Å². The third-order valence-electron chi connectivity index (χ3n) is 5.09. The lowest BCUT2D eigenvalue weighted by atomic mass is 9.94. The number of amides is 1. The Balaban J connectivity index is 1.80. The number of carbonyl (C=O) groups excluding carboxylic acids is 2. The molecule has 1 N–H and O–H groups in total. The number of rotatable bonds is 10. The molecule has 2 aromatic rings. The van der Waals surface area contributed by atoms with Gasteiger partial charge in [0.25, 0.3) is 5.91 Å². The molecular weight excluding hydrogens is 466 g/mol. The SMILES string of the molecule is COCCN(CCOC)C(=O)C1=CC(C(=O)c2c(-c3ccc(Br)cc3)noc2C)CN1. The average Bonchev–Trinajstić information content (AvgIpc) is 3.41. The Morgan fingerprint density at radius 1 is 1.19 bits per heavy atom. The lowest BCUT2D eigenvalue weighted by molar-refractivity contribution is -0.128. The number of carbonyl (C=O) groups is 2. The predicted molar refractivity (Wildman–Crippen MR) is 119 cm³/mol. The van der Waals surface area contributed by atoms with Gasteiger partial charge >= 0.3 is 0 Å². The van der Waals surface area contributed by atoms with E-state index in [0.717, 1.165) is 10.0 Å². The first-order valence-corrected chi connectivity index (χ1v) is 10.7. The monoisotopic (exact) mass is 491 g/mol. The molecule has 8 nitrogen and oxygen atoms in total. The summed E-state index contributed by atoms with van der Waals surface area (Å²) in [5.74, 6) is -0.345. The number of benzene rings is 1. The fourth-order valence-electron chi connectivity index (χ4n) is 3.39. The molecule has 166 valence electrons. The second-order valence-electron chi connectivity index (χ2n) is 7.18. The van der Waals surface area contributed by atoms with E-state index in [9.17, 15) is 9.59 Å². The minimum Gasteiger partial charge on any atom is -0.383 e. The van der Waals surface area contributed by atoms with Crippen LogP contribution in [0, 0.1) is 12.8 Å². The molecule has 1 aromatic carbocycles. The van der Waals surface area contributed by atoms with Gasteiger partial charge in [-0.25, -0.2) is 0 Å². The minimum atomic E-state index is -0.488. The topological polar surface area (TPSA) is 93.9 Å². The first-order valence-electron chi connectivity index (χ1n) is 9.95. The summed E-state index contributed by atoms with van der Waals surface area (Å²) in [7, 11) is 3.18. The number of hydrogen-bond acceptors (Lipinski definition) is 7. The highest BCUT2D eigenvalue weighted by molar-refractivity contribution is 9.10. The van der Waals surface area contributed by atoms with Gasteiger partial charge in [-0.05, 0) is 25.1 Å². The molecule has 1 aromatic heterocycles. The summed E-state index contributed by atoms with van der Waals surface area (Å²) in [6.45, 7) is 3.78. The molecule has 31 heavy (non-hydrogen) atoms. The molecule has 9 heteroatoms. The van der Waals surface area contributed by atoms with Crippen LogP contribution in [0.25, 0.3) is 11.3 Å². The van der Waals surface area contributed by atoms with Crippen molar-refractivity contribution in [3.63, 3.8) is 0 Å². The van der Waals surface area contributed by atoms with E-state index in [1.165, 1.54) is 0 Å². The zero-order chi connectivity index (χ0) is 22.4. The Bertz CT molecular complexity index is 947. The van der Waals surface area contributed by atoms with E-state index in [0.29, 0.717) is 55.6 Å². The molecule has 0 aliphatic carbocycles. The van der Waals surface area contributed by atoms with E-state index in [4.69, 9.17) is 14.0 Å². The molecule has 2 heterocycles. The molecule has 1 aliphatic rings. The number of hydrogen-bond donors (Lipinski definition) is 1. The number of aryl methyl sites for hydroxylation is 1. The van der Waals surface area contributed by atoms with Crippen molar-refractivity contribution >= 4 is 27.6 Å². The molecule has 1 unspecified atom stereocenters. The van der Waals surface area contributed by atoms with Crippen molar-refractivity contribution in [2.75, 3.05) is 47.1 Å². The second-order valence-corrected chi connectivity index (χ2v) is 8.09. The number of nitrogens with zero attached hydrogens (tertiary/aromatic N) is 2. The standard InChI is InChI=1S/C22H26BrN3O5/c1-14-19(20(25-31-14)15-4-6-17(23)7-5-15)21(27)16-12-18(24-13-16)22(28)26(8-10-29-2)9-11-30-3/h4-7,12,16,24H,8-11,13H2,1-3H3. The molecule has 0 saturated heterocycles. The Morgan fingerprint density at radius 3 is 2.45 bits per heavy atom. The van der Waals surface area contributed by atoms with Crippen LogP contribution in [0.15, 0.2) is 45.0 Å². The molecule has 0 fully saturated rings. The molecule has 0 radical (unpaired) electrons. The molecule has 1 amide bonds. The molecule has 1 atom stereocenters. The quantitative estimate of drug-likeness (QED) is 0.510. The van der Waals surface area contributed by atoms with Gasteiger partial charge in [-0.2, -0.15) is 0 Å². The number of nitrogens with one attached hydrogen (secondary N) is 1. The van der Waals surface area contributed by atoms with E-state index in [-0.39, 0.29) is 11.7 Å². The van der Waals surface area contributed by atoms with Gasteiger partial charge < -0.3 is 24.2 Å². The van der Waals surface area contributed by atoms with Crippen LogP contribution in [-0.4, -0.2) is 68.8 Å². The van der Waals surface area contributed by atoms with Crippen molar-refractivity contribution in [1.82, 2.24) is 15.4 Å². The predicted octanol–water partition coefficient (Wildman–Crippen LogP) is 2.82. The zero-order valence-electron chi connectivity index (χ0n) is 17.8. The fraction of sp³-hybridized carbons (Fsp3) is 0.409. The van der Waals surface area contributed by atoms with E-state index >= 15 is 0 Å². The van der Waals surface area contributed by atoms with Gasteiger partial charge in [-0.3, -0.25) is 9.59 Å². The van der Waals surface area contributed by atoms with Gasteiger partial charge in [0.15, 0.2) is 5.78 Å². The van der Waals surface area contributed by atoms with Gasteiger partial charge in [0.2, 0.25) is 0 Å². The van der Waals surface area contributed by atoms with Crippen molar-refractivity contribution in [2.24, 2.45) is 5.92 Å². The first-order chi connectivity index (χ1) is 15.0. The second kappa shape index (κ2) is 10.7. The Morgan fingerprint density at radius 2 is 1.84 bits per heavy atom. The molecule has 3 rings (SSSR count). The van der Waals surface area contributed by atoms with Gasteiger partial charge in [-0.1, -0.05) is 33.2 Å². The van der Waals surface area contributed by atoms with E-state index < -0.39 is 5.92 Å². The van der Waals surface area contributed by atoms with Crippen LogP contribution in [-0.2, 0) is 14.3 Å². The maximum absolute atomic E-state index is 13.3. The summed E-state index contributed by atoms with van der Waals surface area (Å²) in [6, 6.07) is 7.52. The summed E-state index contributed by atoms with van der Waals surface area (Å²) in [5, 5.41) is 7.18. The molecule has 1 aliphatic heterocycles. The third kappa shape index (κ3) is 5.41. The number of aromatic nitrogens is 1. The van der Waals surface area contributed by atoms with Crippen LogP contribution < -0.4 is 5.32 Å². The van der Waals surface area contributed by atoms with Crippen LogP contribution >= 0.6 is 15.9 Å². The highest BCUT2D eigenvalue weighted by Gasteiger charge is 2.32. The van der Waals surface area contributed by atoms with Gasteiger partial charge in [0.1, 0.15) is 11.5 Å². The van der Waals surface area contributed by atoms with Crippen LogP contribution in [0.5, 0.6) is 0 Å². The fourth-order valence-corrected chi connectivity index (χ4v) is 3.66.